The van der Waals surface area contributed by atoms with Crippen LogP contribution in [0.15, 0.2) is 30.6 Å². The predicted octanol–water partition coefficient (Wildman–Crippen LogP) is 1.66. The van der Waals surface area contributed by atoms with Crippen molar-refractivity contribution in [2.75, 3.05) is 13.7 Å². The molecule has 0 saturated heterocycles. The smallest absolute Gasteiger partial charge is 0.224 e. The van der Waals surface area contributed by atoms with Crippen LogP contribution in [-0.2, 0) is 11.3 Å². The average Bonchev–Trinajstić information content (AvgIpc) is 2.87. The number of hydrogen-bond donors (Lipinski definition) is 1. The first-order chi connectivity index (χ1) is 9.45. The largest absolute Gasteiger partial charge is 0.394 e. The highest BCUT2D eigenvalue weighted by Gasteiger charge is 2.26. The summed E-state index contributed by atoms with van der Waals surface area (Å²) in [6.07, 6.45) is 2.15. The molecular formula is C15H21N3O2. The monoisotopic (exact) mass is 275 g/mol. The van der Waals surface area contributed by atoms with Gasteiger partial charge in [0.1, 0.15) is 0 Å². The summed E-state index contributed by atoms with van der Waals surface area (Å²) in [5.74, 6) is 0.0156. The number of benzene rings is 1. The average molecular weight is 275 g/mol. The molecule has 20 heavy (non-hydrogen) atoms. The number of carbonyl (C=O) groups is 1. The van der Waals surface area contributed by atoms with Crippen molar-refractivity contribution in [3.05, 3.63) is 30.6 Å². The van der Waals surface area contributed by atoms with Gasteiger partial charge in [0.05, 0.1) is 29.5 Å². The lowest BCUT2D eigenvalue weighted by Crippen LogP contribution is -2.47. The number of amides is 1. The molecule has 0 aliphatic rings. The molecule has 1 aromatic carbocycles. The molecule has 1 amide bonds. The number of rotatable bonds is 5. The number of aromatic nitrogens is 2. The minimum absolute atomic E-state index is 0.0156. The van der Waals surface area contributed by atoms with Crippen LogP contribution in [0.5, 0.6) is 0 Å². The standard InChI is InChI=1S/C15H21N3O2/c1-15(2,10-19)17(3)14(20)8-9-18-11-16-12-6-4-5-7-13(12)18/h4-7,11,19H,8-10H2,1-3H3. The van der Waals surface area contributed by atoms with Gasteiger partial charge in [0.25, 0.3) is 0 Å². The number of carbonyl (C=O) groups excluding carboxylic acids is 1. The van der Waals surface area contributed by atoms with Crippen molar-refractivity contribution in [1.82, 2.24) is 14.5 Å². The lowest BCUT2D eigenvalue weighted by molar-refractivity contribution is -0.136. The van der Waals surface area contributed by atoms with Crippen molar-refractivity contribution in [2.24, 2.45) is 0 Å². The van der Waals surface area contributed by atoms with Crippen molar-refractivity contribution in [3.8, 4) is 0 Å². The van der Waals surface area contributed by atoms with Gasteiger partial charge in [0, 0.05) is 20.0 Å². The third-order valence-corrected chi connectivity index (χ3v) is 3.76. The van der Waals surface area contributed by atoms with E-state index in [-0.39, 0.29) is 12.5 Å². The maximum atomic E-state index is 12.2. The molecule has 5 nitrogen and oxygen atoms in total. The summed E-state index contributed by atoms with van der Waals surface area (Å²) in [7, 11) is 1.73. The lowest BCUT2D eigenvalue weighted by Gasteiger charge is -2.34. The van der Waals surface area contributed by atoms with Crippen LogP contribution >= 0.6 is 0 Å². The van der Waals surface area contributed by atoms with Gasteiger partial charge in [-0.1, -0.05) is 12.1 Å². The Bertz CT molecular complexity index is 604. The third kappa shape index (κ3) is 2.82. The van der Waals surface area contributed by atoms with Crippen LogP contribution in [0, 0.1) is 0 Å². The molecule has 0 saturated carbocycles. The van der Waals surface area contributed by atoms with E-state index in [0.717, 1.165) is 11.0 Å². The number of imidazole rings is 1. The van der Waals surface area contributed by atoms with E-state index in [4.69, 9.17) is 0 Å². The molecule has 108 valence electrons. The van der Waals surface area contributed by atoms with E-state index in [2.05, 4.69) is 4.98 Å². The van der Waals surface area contributed by atoms with Gasteiger partial charge in [-0.25, -0.2) is 4.98 Å². The van der Waals surface area contributed by atoms with Crippen molar-refractivity contribution in [1.29, 1.82) is 0 Å². The number of para-hydroxylation sites is 2. The topological polar surface area (TPSA) is 58.4 Å². The summed E-state index contributed by atoms with van der Waals surface area (Å²) >= 11 is 0. The van der Waals surface area contributed by atoms with Crippen LogP contribution in [0.1, 0.15) is 20.3 Å². The van der Waals surface area contributed by atoms with E-state index < -0.39 is 5.54 Å². The van der Waals surface area contributed by atoms with Crippen LogP contribution in [0.3, 0.4) is 0 Å². The van der Waals surface area contributed by atoms with Crippen LogP contribution in [-0.4, -0.2) is 44.7 Å². The third-order valence-electron chi connectivity index (χ3n) is 3.76. The van der Waals surface area contributed by atoms with Gasteiger partial charge in [-0.05, 0) is 26.0 Å². The second kappa shape index (κ2) is 5.63. The Morgan fingerprint density at radius 2 is 2.10 bits per heavy atom. The second-order valence-corrected chi connectivity index (χ2v) is 5.60. The molecule has 0 aliphatic heterocycles. The minimum Gasteiger partial charge on any atom is -0.394 e. The molecule has 2 aromatic rings. The maximum absolute atomic E-state index is 12.2. The van der Waals surface area contributed by atoms with E-state index in [1.165, 1.54) is 0 Å². The van der Waals surface area contributed by atoms with Gasteiger partial charge < -0.3 is 14.6 Å². The SMILES string of the molecule is CN(C(=O)CCn1cnc2ccccc21)C(C)(C)CO. The number of nitrogens with zero attached hydrogens (tertiary/aromatic N) is 3. The van der Waals surface area contributed by atoms with Gasteiger partial charge in [-0.3, -0.25) is 4.79 Å². The fourth-order valence-electron chi connectivity index (χ4n) is 2.02. The van der Waals surface area contributed by atoms with E-state index in [9.17, 15) is 9.90 Å². The summed E-state index contributed by atoms with van der Waals surface area (Å²) in [6.45, 7) is 4.23. The number of aliphatic hydroxyl groups excluding tert-OH is 1. The van der Waals surface area contributed by atoms with Crippen molar-refractivity contribution < 1.29 is 9.90 Å². The highest BCUT2D eigenvalue weighted by Crippen LogP contribution is 2.15. The quantitative estimate of drug-likeness (QED) is 0.902. The van der Waals surface area contributed by atoms with Crippen LogP contribution in [0.2, 0.25) is 0 Å². The highest BCUT2D eigenvalue weighted by atomic mass is 16.3. The molecular weight excluding hydrogens is 254 g/mol. The van der Waals surface area contributed by atoms with Gasteiger partial charge in [-0.2, -0.15) is 0 Å². The van der Waals surface area contributed by atoms with Crippen LogP contribution < -0.4 is 0 Å². The van der Waals surface area contributed by atoms with Crippen LogP contribution in [0.4, 0.5) is 0 Å². The number of fused-ring (bicyclic) bond motifs is 1. The molecule has 0 unspecified atom stereocenters. The number of aryl methyl sites for hydroxylation is 1. The lowest BCUT2D eigenvalue weighted by atomic mass is 10.0. The number of hydrogen-bond acceptors (Lipinski definition) is 3. The first kappa shape index (κ1) is 14.5. The molecule has 2 rings (SSSR count). The number of likely N-dealkylation sites (N-methyl/N-ethyl adjacent to an activating group) is 1. The zero-order chi connectivity index (χ0) is 14.8. The normalized spacial score (nSPS) is 11.8. The molecule has 5 heteroatoms. The molecule has 1 heterocycles. The number of aliphatic hydroxyl groups is 1. The summed E-state index contributed by atoms with van der Waals surface area (Å²) in [6, 6.07) is 7.86. The van der Waals surface area contributed by atoms with Crippen molar-refractivity contribution in [2.45, 2.75) is 32.4 Å². The zero-order valence-electron chi connectivity index (χ0n) is 12.2. The Hall–Kier alpha value is -1.88. The van der Waals surface area contributed by atoms with Crippen molar-refractivity contribution >= 4 is 16.9 Å². The van der Waals surface area contributed by atoms with Gasteiger partial charge in [0.2, 0.25) is 5.91 Å². The summed E-state index contributed by atoms with van der Waals surface area (Å²) < 4.78 is 1.98. The Balaban J connectivity index is 2.04. The van der Waals surface area contributed by atoms with E-state index in [0.29, 0.717) is 13.0 Å². The van der Waals surface area contributed by atoms with Gasteiger partial charge in [-0.15, -0.1) is 0 Å². The Labute approximate surface area is 118 Å². The van der Waals surface area contributed by atoms with Crippen molar-refractivity contribution in [3.63, 3.8) is 0 Å². The molecule has 0 atom stereocenters. The summed E-state index contributed by atoms with van der Waals surface area (Å²) in [5.41, 5.74) is 1.43. The Morgan fingerprint density at radius 1 is 1.40 bits per heavy atom. The summed E-state index contributed by atoms with van der Waals surface area (Å²) in [4.78, 5) is 18.1. The summed E-state index contributed by atoms with van der Waals surface area (Å²) in [5, 5.41) is 9.30. The van der Waals surface area contributed by atoms with Crippen LogP contribution in [0.25, 0.3) is 11.0 Å². The Morgan fingerprint density at radius 3 is 2.80 bits per heavy atom. The molecule has 0 radical (unpaired) electrons. The Kier molecular flexibility index (Phi) is 4.09. The highest BCUT2D eigenvalue weighted by molar-refractivity contribution is 5.78. The fraction of sp³-hybridized carbons (Fsp3) is 0.467. The van der Waals surface area contributed by atoms with E-state index in [1.54, 1.807) is 18.3 Å². The first-order valence-electron chi connectivity index (χ1n) is 6.73. The molecule has 1 N–H and O–H groups in total. The zero-order valence-corrected chi connectivity index (χ0v) is 12.2. The fourth-order valence-corrected chi connectivity index (χ4v) is 2.02. The molecule has 0 bridgehead atoms. The van der Waals surface area contributed by atoms with E-state index in [1.807, 2.05) is 42.7 Å². The molecule has 0 aliphatic carbocycles. The maximum Gasteiger partial charge on any atom is 0.224 e. The second-order valence-electron chi connectivity index (χ2n) is 5.60. The van der Waals surface area contributed by atoms with Gasteiger partial charge >= 0.3 is 0 Å². The van der Waals surface area contributed by atoms with Gasteiger partial charge in [0.15, 0.2) is 0 Å². The molecule has 0 fully saturated rings. The first-order valence-corrected chi connectivity index (χ1v) is 6.73. The predicted molar refractivity (Wildman–Crippen MR) is 78.3 cm³/mol. The minimum atomic E-state index is -0.534. The molecule has 0 spiro atoms. The van der Waals surface area contributed by atoms with E-state index >= 15 is 0 Å². The molecule has 1 aromatic heterocycles.